The van der Waals surface area contributed by atoms with Crippen LogP contribution in [0.1, 0.15) is 26.2 Å². The molecule has 15 heavy (non-hydrogen) atoms. The Morgan fingerprint density at radius 2 is 2.07 bits per heavy atom. The van der Waals surface area contributed by atoms with E-state index in [2.05, 4.69) is 49.4 Å². The molecule has 0 spiro atoms. The van der Waals surface area contributed by atoms with Crippen molar-refractivity contribution in [3.8, 4) is 0 Å². The number of allylic oxidation sites excluding steroid dienone is 2. The Kier molecular flexibility index (Phi) is 3.53. The molecule has 0 unspecified atom stereocenters. The molecule has 0 heterocycles. The van der Waals surface area contributed by atoms with Gasteiger partial charge in [0.05, 0.1) is 0 Å². The van der Waals surface area contributed by atoms with E-state index in [9.17, 15) is 0 Å². The smallest absolute Gasteiger partial charge is 0.00719 e. The van der Waals surface area contributed by atoms with Crippen molar-refractivity contribution in [2.24, 2.45) is 5.41 Å². The maximum absolute atomic E-state index is 2.40. The average molecular weight is 218 g/mol. The summed E-state index contributed by atoms with van der Waals surface area (Å²) in [5.41, 5.74) is 0.474. The summed E-state index contributed by atoms with van der Waals surface area (Å²) in [5, 5.41) is 0. The molecule has 0 saturated heterocycles. The second kappa shape index (κ2) is 4.89. The van der Waals surface area contributed by atoms with Gasteiger partial charge in [0.25, 0.3) is 0 Å². The quantitative estimate of drug-likeness (QED) is 0.528. The molecule has 0 saturated carbocycles. The molecule has 1 aliphatic carbocycles. The van der Waals surface area contributed by atoms with Gasteiger partial charge < -0.3 is 0 Å². The van der Waals surface area contributed by atoms with Crippen LogP contribution in [-0.4, -0.2) is 5.75 Å². The minimum Gasteiger partial charge on any atom is -0.126 e. The lowest BCUT2D eigenvalue weighted by molar-refractivity contribution is 0.407. The Balaban J connectivity index is 1.78. The first-order chi connectivity index (χ1) is 7.29. The highest BCUT2D eigenvalue weighted by molar-refractivity contribution is 7.99. The summed E-state index contributed by atoms with van der Waals surface area (Å²) in [4.78, 5) is 1.39. The largest absolute Gasteiger partial charge is 0.126 e. The third-order valence-corrected chi connectivity index (χ3v) is 4.10. The molecule has 0 fully saturated rings. The van der Waals surface area contributed by atoms with Crippen LogP contribution in [0.25, 0.3) is 0 Å². The van der Waals surface area contributed by atoms with E-state index >= 15 is 0 Å². The van der Waals surface area contributed by atoms with Crippen LogP contribution < -0.4 is 0 Å². The zero-order chi connectivity index (χ0) is 10.6. The Labute approximate surface area is 96.8 Å². The van der Waals surface area contributed by atoms with Gasteiger partial charge in [-0.05, 0) is 42.6 Å². The SMILES string of the molecule is C[C@]1(CCSc2ccccc2)C=CCC1. The van der Waals surface area contributed by atoms with Crippen molar-refractivity contribution in [3.63, 3.8) is 0 Å². The maximum atomic E-state index is 2.40. The van der Waals surface area contributed by atoms with E-state index in [1.165, 1.54) is 29.9 Å². The summed E-state index contributed by atoms with van der Waals surface area (Å²) in [5.74, 6) is 1.23. The molecule has 1 aromatic rings. The van der Waals surface area contributed by atoms with Gasteiger partial charge in [0.15, 0.2) is 0 Å². The Bertz CT molecular complexity index is 328. The molecule has 0 N–H and O–H groups in total. The van der Waals surface area contributed by atoms with Crippen molar-refractivity contribution in [3.05, 3.63) is 42.5 Å². The maximum Gasteiger partial charge on any atom is 0.00719 e. The molecule has 80 valence electrons. The minimum atomic E-state index is 0.474. The van der Waals surface area contributed by atoms with Gasteiger partial charge in [-0.15, -0.1) is 11.8 Å². The van der Waals surface area contributed by atoms with E-state index in [1.807, 2.05) is 11.8 Å². The zero-order valence-corrected chi connectivity index (χ0v) is 10.1. The molecule has 2 rings (SSSR count). The normalized spacial score (nSPS) is 24.6. The Hall–Kier alpha value is -0.690. The molecule has 0 aliphatic heterocycles. The molecule has 0 bridgehead atoms. The van der Waals surface area contributed by atoms with Crippen molar-refractivity contribution in [1.82, 2.24) is 0 Å². The van der Waals surface area contributed by atoms with Gasteiger partial charge in [0.2, 0.25) is 0 Å². The van der Waals surface area contributed by atoms with Gasteiger partial charge in [-0.25, -0.2) is 0 Å². The summed E-state index contributed by atoms with van der Waals surface area (Å²) in [6, 6.07) is 10.7. The lowest BCUT2D eigenvalue weighted by atomic mass is 9.87. The highest BCUT2D eigenvalue weighted by atomic mass is 32.2. The van der Waals surface area contributed by atoms with Gasteiger partial charge in [-0.2, -0.15) is 0 Å². The fraction of sp³-hybridized carbons (Fsp3) is 0.429. The lowest BCUT2D eigenvalue weighted by Gasteiger charge is -2.21. The average Bonchev–Trinajstić information content (AvgIpc) is 2.67. The lowest BCUT2D eigenvalue weighted by Crippen LogP contribution is -2.10. The summed E-state index contributed by atoms with van der Waals surface area (Å²) in [7, 11) is 0. The number of thioether (sulfide) groups is 1. The summed E-state index contributed by atoms with van der Waals surface area (Å²) in [6.07, 6.45) is 8.63. The van der Waals surface area contributed by atoms with Gasteiger partial charge in [-0.3, -0.25) is 0 Å². The van der Waals surface area contributed by atoms with Crippen molar-refractivity contribution >= 4 is 11.8 Å². The molecule has 1 atom stereocenters. The predicted octanol–water partition coefficient (Wildman–Crippen LogP) is 4.53. The topological polar surface area (TPSA) is 0 Å². The highest BCUT2D eigenvalue weighted by Crippen LogP contribution is 2.36. The van der Waals surface area contributed by atoms with Crippen molar-refractivity contribution < 1.29 is 0 Å². The van der Waals surface area contributed by atoms with Crippen molar-refractivity contribution in [2.75, 3.05) is 5.75 Å². The Morgan fingerprint density at radius 1 is 1.27 bits per heavy atom. The fourth-order valence-corrected chi connectivity index (χ4v) is 3.15. The van der Waals surface area contributed by atoms with E-state index in [-0.39, 0.29) is 0 Å². The molecular weight excluding hydrogens is 200 g/mol. The molecule has 1 aromatic carbocycles. The Morgan fingerprint density at radius 3 is 2.73 bits per heavy atom. The van der Waals surface area contributed by atoms with Crippen LogP contribution in [0.3, 0.4) is 0 Å². The zero-order valence-electron chi connectivity index (χ0n) is 9.28. The van der Waals surface area contributed by atoms with Gasteiger partial charge in [0.1, 0.15) is 0 Å². The molecule has 0 radical (unpaired) electrons. The van der Waals surface area contributed by atoms with E-state index in [0.29, 0.717) is 5.41 Å². The first-order valence-corrected chi connectivity index (χ1v) is 6.63. The first-order valence-electron chi connectivity index (χ1n) is 5.64. The van der Waals surface area contributed by atoms with E-state index in [4.69, 9.17) is 0 Å². The molecule has 0 nitrogen and oxygen atoms in total. The third-order valence-electron chi connectivity index (χ3n) is 3.09. The van der Waals surface area contributed by atoms with Crippen LogP contribution in [-0.2, 0) is 0 Å². The molecule has 0 amide bonds. The second-order valence-electron chi connectivity index (χ2n) is 4.51. The van der Waals surface area contributed by atoms with Crippen LogP contribution in [0, 0.1) is 5.41 Å². The van der Waals surface area contributed by atoms with Crippen LogP contribution in [0.4, 0.5) is 0 Å². The van der Waals surface area contributed by atoms with Gasteiger partial charge in [0, 0.05) is 4.90 Å². The summed E-state index contributed by atoms with van der Waals surface area (Å²) < 4.78 is 0. The van der Waals surface area contributed by atoms with Crippen molar-refractivity contribution in [1.29, 1.82) is 0 Å². The summed E-state index contributed by atoms with van der Waals surface area (Å²) >= 11 is 1.97. The molecular formula is C14H18S. The molecule has 0 aromatic heterocycles. The number of hydrogen-bond acceptors (Lipinski definition) is 1. The standard InChI is InChI=1S/C14H18S/c1-14(9-5-6-10-14)11-12-15-13-7-3-2-4-8-13/h2-5,7-9H,6,10-12H2,1H3/t14-/m0/s1. The van der Waals surface area contributed by atoms with Gasteiger partial charge in [-0.1, -0.05) is 37.3 Å². The number of hydrogen-bond donors (Lipinski definition) is 0. The van der Waals surface area contributed by atoms with E-state index in [0.717, 1.165) is 0 Å². The summed E-state index contributed by atoms with van der Waals surface area (Å²) in [6.45, 7) is 2.38. The van der Waals surface area contributed by atoms with Crippen molar-refractivity contribution in [2.45, 2.75) is 31.1 Å². The predicted molar refractivity (Wildman–Crippen MR) is 68.3 cm³/mol. The molecule has 1 heteroatoms. The van der Waals surface area contributed by atoms with Gasteiger partial charge >= 0.3 is 0 Å². The van der Waals surface area contributed by atoms with Crippen LogP contribution >= 0.6 is 11.8 Å². The number of benzene rings is 1. The van der Waals surface area contributed by atoms with Crippen LogP contribution in [0.2, 0.25) is 0 Å². The van der Waals surface area contributed by atoms with E-state index in [1.54, 1.807) is 0 Å². The van der Waals surface area contributed by atoms with E-state index < -0.39 is 0 Å². The van der Waals surface area contributed by atoms with Crippen LogP contribution in [0.5, 0.6) is 0 Å². The fourth-order valence-electron chi connectivity index (χ4n) is 1.99. The first kappa shape index (κ1) is 10.8. The third kappa shape index (κ3) is 3.13. The second-order valence-corrected chi connectivity index (χ2v) is 5.67. The highest BCUT2D eigenvalue weighted by Gasteiger charge is 2.22. The minimum absolute atomic E-state index is 0.474. The number of rotatable bonds is 4. The monoisotopic (exact) mass is 218 g/mol. The molecule has 1 aliphatic rings. The van der Waals surface area contributed by atoms with Crippen LogP contribution in [0.15, 0.2) is 47.4 Å².